The number of fused-ring (bicyclic) bond motifs is 3. The van der Waals surface area contributed by atoms with E-state index in [0.717, 1.165) is 81.1 Å². The summed E-state index contributed by atoms with van der Waals surface area (Å²) in [6.45, 7) is 10.6. The van der Waals surface area contributed by atoms with E-state index in [1.54, 1.807) is 0 Å². The van der Waals surface area contributed by atoms with Gasteiger partial charge in [-0.05, 0) is 73.0 Å². The highest BCUT2D eigenvalue weighted by atomic mass is 32.2. The number of nitrogens with zero attached hydrogens (tertiary/aromatic N) is 6. The number of para-hydroxylation sites is 2. The Balaban J connectivity index is 1.39. The predicted molar refractivity (Wildman–Crippen MR) is 324 cm³/mol. The first-order chi connectivity index (χ1) is 38.7. The van der Waals surface area contributed by atoms with Gasteiger partial charge in [0, 0.05) is 33.1 Å². The number of aromatic nitrogens is 4. The summed E-state index contributed by atoms with van der Waals surface area (Å²) in [5.41, 5.74) is 10.2. The molecule has 0 fully saturated rings. The molecule has 4 aromatic heterocycles. The number of hydrogen-bond donors (Lipinski definition) is 1. The van der Waals surface area contributed by atoms with Crippen molar-refractivity contribution in [3.63, 3.8) is 0 Å². The van der Waals surface area contributed by atoms with E-state index in [9.17, 15) is 24.8 Å². The van der Waals surface area contributed by atoms with Gasteiger partial charge in [0.05, 0.1) is 44.7 Å². The first-order valence-corrected chi connectivity index (χ1v) is 28.9. The quantitative estimate of drug-likeness (QED) is 0.0469. The van der Waals surface area contributed by atoms with Gasteiger partial charge >= 0.3 is 13.7 Å². The Morgan fingerprint density at radius 1 is 0.608 bits per heavy atom. The molecular formula is C64H46B2N6O4S3. The lowest BCUT2D eigenvalue weighted by Gasteiger charge is -2.25. The van der Waals surface area contributed by atoms with Crippen molar-refractivity contribution in [2.45, 2.75) is 13.3 Å². The van der Waals surface area contributed by atoms with Crippen LogP contribution in [0.3, 0.4) is 0 Å². The van der Waals surface area contributed by atoms with Crippen molar-refractivity contribution in [1.82, 2.24) is 18.9 Å². The third-order valence-corrected chi connectivity index (χ3v) is 17.1. The molecule has 15 heteroatoms. The number of benzene rings is 8. The summed E-state index contributed by atoms with van der Waals surface area (Å²) in [5, 5.41) is 16.0. The van der Waals surface area contributed by atoms with Crippen molar-refractivity contribution in [2.24, 2.45) is 0 Å². The summed E-state index contributed by atoms with van der Waals surface area (Å²) in [6, 6.07) is 76.0. The number of nitriles is 1. The highest BCUT2D eigenvalue weighted by molar-refractivity contribution is 7.85. The Morgan fingerprint density at radius 3 is 1.56 bits per heavy atom. The average Bonchev–Trinajstić information content (AvgIpc) is 3.11. The second-order valence-corrected chi connectivity index (χ2v) is 22.7. The highest BCUT2D eigenvalue weighted by Crippen LogP contribution is 2.39. The van der Waals surface area contributed by atoms with E-state index in [-0.39, 0.29) is 13.0 Å². The Bertz CT molecular complexity index is 4330. The van der Waals surface area contributed by atoms with Crippen LogP contribution in [0.1, 0.15) is 22.0 Å². The van der Waals surface area contributed by atoms with E-state index in [1.807, 2.05) is 158 Å². The molecule has 12 aromatic rings. The number of rotatable bonds is 15. The van der Waals surface area contributed by atoms with Crippen molar-refractivity contribution in [3.05, 3.63) is 256 Å². The SMILES string of the molecule is [C-]#[N+]/C(c1nc2ccccc2s1)=c1\c2c(-c3ccccc3C)n(B(c3ccccc3)c3ccccc3)/c(=C(/C#N)c3nc4ccccc4s3)c2c(-c2ccc(OCCCS(=O)(=O)O)cc2)n1B(c1ccccc1)c1ccccc1. The van der Waals surface area contributed by atoms with Gasteiger partial charge in [-0.15, -0.1) is 22.7 Å². The van der Waals surface area contributed by atoms with Crippen LogP contribution >= 0.6 is 22.7 Å². The van der Waals surface area contributed by atoms with Crippen molar-refractivity contribution >= 4 is 111 Å². The molecule has 0 atom stereocenters. The molecule has 4 heterocycles. The van der Waals surface area contributed by atoms with Crippen molar-refractivity contribution in [2.75, 3.05) is 12.4 Å². The molecule has 1 N–H and O–H groups in total. The Labute approximate surface area is 465 Å². The van der Waals surface area contributed by atoms with Gasteiger partial charge in [0.25, 0.3) is 10.1 Å². The lowest BCUT2D eigenvalue weighted by molar-refractivity contribution is 0.316. The molecular weight excluding hydrogens is 1030 g/mol. The molecule has 0 radical (unpaired) electrons. The zero-order valence-corrected chi connectivity index (χ0v) is 45.1. The third-order valence-electron chi connectivity index (χ3n) is 14.2. The predicted octanol–water partition coefficient (Wildman–Crippen LogP) is 10.1. The van der Waals surface area contributed by atoms with E-state index in [1.165, 1.54) is 22.7 Å². The van der Waals surface area contributed by atoms with Gasteiger partial charge in [-0.25, -0.2) is 14.8 Å². The molecule has 0 spiro atoms. The minimum Gasteiger partial charge on any atom is -0.494 e. The highest BCUT2D eigenvalue weighted by Gasteiger charge is 2.38. The van der Waals surface area contributed by atoms with Crippen molar-refractivity contribution in [3.8, 4) is 34.3 Å². The number of aryl methyl sites for hydroxylation is 1. The third kappa shape index (κ3) is 9.75. The van der Waals surface area contributed by atoms with Crippen LogP contribution in [-0.2, 0) is 10.1 Å². The summed E-state index contributed by atoms with van der Waals surface area (Å²) in [7, 11) is -4.18. The maximum atomic E-state index is 12.2. The van der Waals surface area contributed by atoms with Crippen LogP contribution in [0.15, 0.2) is 218 Å². The van der Waals surface area contributed by atoms with Crippen LogP contribution in [0.4, 0.5) is 0 Å². The molecule has 0 unspecified atom stereocenters. The minimum atomic E-state index is -4.18. The first-order valence-electron chi connectivity index (χ1n) is 25.7. The molecule has 0 saturated carbocycles. The van der Waals surface area contributed by atoms with Gasteiger partial charge < -0.3 is 13.7 Å². The normalized spacial score (nSPS) is 12.3. The largest absolute Gasteiger partial charge is 0.494 e. The molecule has 12 rings (SSSR count). The minimum absolute atomic E-state index is 0.0509. The van der Waals surface area contributed by atoms with Crippen LogP contribution < -0.4 is 37.3 Å². The Morgan fingerprint density at radius 2 is 1.06 bits per heavy atom. The van der Waals surface area contributed by atoms with Crippen LogP contribution in [0.5, 0.6) is 5.75 Å². The van der Waals surface area contributed by atoms with Crippen LogP contribution in [0.2, 0.25) is 0 Å². The first kappa shape index (κ1) is 50.7. The maximum Gasteiger partial charge on any atom is 0.328 e. The van der Waals surface area contributed by atoms with E-state index in [2.05, 4.69) is 87.5 Å². The fourth-order valence-electron chi connectivity index (χ4n) is 10.8. The fourth-order valence-corrected chi connectivity index (χ4v) is 13.2. The molecule has 0 saturated heterocycles. The molecule has 0 bridgehead atoms. The summed E-state index contributed by atoms with van der Waals surface area (Å²) < 4.78 is 45.5. The molecule has 0 aliphatic rings. The second-order valence-electron chi connectivity index (χ2n) is 19.1. The number of ether oxygens (including phenoxy) is 1. The summed E-state index contributed by atoms with van der Waals surface area (Å²) in [4.78, 5) is 15.2. The van der Waals surface area contributed by atoms with Crippen molar-refractivity contribution < 1.29 is 17.7 Å². The van der Waals surface area contributed by atoms with Gasteiger partial charge in [-0.3, -0.25) is 4.55 Å². The molecule has 10 nitrogen and oxygen atoms in total. The van der Waals surface area contributed by atoms with E-state index in [0.29, 0.717) is 37.7 Å². The van der Waals surface area contributed by atoms with E-state index >= 15 is 0 Å². The van der Waals surface area contributed by atoms with Gasteiger partial charge in [0.2, 0.25) is 5.70 Å². The monoisotopic (exact) mass is 1080 g/mol. The average molecular weight is 1080 g/mol. The van der Waals surface area contributed by atoms with Gasteiger partial charge in [-0.2, -0.15) is 13.7 Å². The van der Waals surface area contributed by atoms with E-state index in [4.69, 9.17) is 14.7 Å². The molecule has 0 aliphatic heterocycles. The Hall–Kier alpha value is -9.08. The summed E-state index contributed by atoms with van der Waals surface area (Å²) >= 11 is 2.94. The van der Waals surface area contributed by atoms with Crippen LogP contribution in [-0.4, -0.2) is 57.9 Å². The molecule has 0 aliphatic carbocycles. The van der Waals surface area contributed by atoms with Gasteiger partial charge in [-0.1, -0.05) is 192 Å². The lowest BCUT2D eigenvalue weighted by atomic mass is 9.50. The summed E-state index contributed by atoms with van der Waals surface area (Å²) in [6.07, 6.45) is 0.0886. The molecule has 8 aromatic carbocycles. The summed E-state index contributed by atoms with van der Waals surface area (Å²) in [5.74, 6) is 0.0564. The molecule has 79 heavy (non-hydrogen) atoms. The lowest BCUT2D eigenvalue weighted by Crippen LogP contribution is -2.54. The fraction of sp³-hybridized carbons (Fsp3) is 0.0625. The maximum absolute atomic E-state index is 12.2. The number of hydrogen-bond acceptors (Lipinski definition) is 8. The smallest absolute Gasteiger partial charge is 0.328 e. The van der Waals surface area contributed by atoms with Gasteiger partial charge in [0.1, 0.15) is 27.4 Å². The Kier molecular flexibility index (Phi) is 14.0. The molecule has 0 amide bonds. The van der Waals surface area contributed by atoms with E-state index < -0.39 is 29.6 Å². The molecule has 380 valence electrons. The number of thiazole rings is 2. The second kappa shape index (κ2) is 21.7. The van der Waals surface area contributed by atoms with Crippen LogP contribution in [0.25, 0.3) is 69.8 Å². The van der Waals surface area contributed by atoms with Gasteiger partial charge in [0.15, 0.2) is 0 Å². The zero-order valence-electron chi connectivity index (χ0n) is 42.6. The standard InChI is InChI=1S/C64H46B2N6O4S3/c1-43-22-15-16-31-50(43)60-57-56(61(51(42-67)63-69-52-32-17-19-34-54(52)77-63)72(60)66(47-27-11-5-12-28-47)48-29-13-6-14-30-48)59(44-36-38-49(39-37-44)76-40-21-41-79(73,74)75)71(65(45-23-7-3-8-24-45)46-25-9-4-10-26-46)62(57)58(68-2)64-70-53-33-18-20-35-55(53)78-64/h3-20,22-39H,21,40-41H2,1H3,(H,73,74,75)/b61-51-,62-58+. The van der Waals surface area contributed by atoms with Crippen LogP contribution in [0, 0.1) is 24.8 Å². The zero-order chi connectivity index (χ0) is 54.0. The van der Waals surface area contributed by atoms with Crippen molar-refractivity contribution in [1.29, 1.82) is 5.26 Å². The topological polar surface area (TPSA) is 127 Å².